The van der Waals surface area contributed by atoms with Crippen molar-refractivity contribution in [3.05, 3.63) is 69.4 Å². The second-order valence-corrected chi connectivity index (χ2v) is 5.46. The minimum absolute atomic E-state index is 0.0730. The monoisotopic (exact) mass is 370 g/mol. The molecule has 1 aromatic heterocycles. The summed E-state index contributed by atoms with van der Waals surface area (Å²) in [6.07, 6.45) is 2.68. The molecule has 26 heavy (non-hydrogen) atoms. The van der Waals surface area contributed by atoms with Crippen LogP contribution in [0.5, 0.6) is 5.75 Å². The van der Waals surface area contributed by atoms with Gasteiger partial charge in [0.15, 0.2) is 0 Å². The zero-order chi connectivity index (χ0) is 18.5. The number of anilines is 1. The number of aromatic hydroxyl groups is 1. The normalized spacial score (nSPS) is 10.8. The van der Waals surface area contributed by atoms with Crippen molar-refractivity contribution >= 4 is 29.5 Å². The highest BCUT2D eigenvalue weighted by Crippen LogP contribution is 2.32. The van der Waals surface area contributed by atoms with Gasteiger partial charge in [-0.05, 0) is 6.07 Å². The average Bonchev–Trinajstić information content (AvgIpc) is 2.65. The summed E-state index contributed by atoms with van der Waals surface area (Å²) in [5.74, 6) is -0.416. The second kappa shape index (κ2) is 7.53. The minimum Gasteiger partial charge on any atom is -0.502 e. The summed E-state index contributed by atoms with van der Waals surface area (Å²) in [5.41, 5.74) is 3.58. The number of nitrogens with zero attached hydrogens (tertiary/aromatic N) is 5. The molecule has 3 rings (SSSR count). The van der Waals surface area contributed by atoms with Gasteiger partial charge in [-0.15, -0.1) is 5.10 Å². The summed E-state index contributed by atoms with van der Waals surface area (Å²) in [4.78, 5) is 14.4. The van der Waals surface area contributed by atoms with Gasteiger partial charge < -0.3 is 5.11 Å². The molecule has 10 heteroatoms. The Labute approximate surface area is 152 Å². The zero-order valence-corrected chi connectivity index (χ0v) is 13.8. The minimum atomic E-state index is -0.734. The molecule has 0 fully saturated rings. The number of phenols is 1. The van der Waals surface area contributed by atoms with Crippen molar-refractivity contribution in [3.63, 3.8) is 0 Å². The van der Waals surface area contributed by atoms with Gasteiger partial charge in [-0.2, -0.15) is 10.2 Å². The molecule has 3 aromatic rings. The van der Waals surface area contributed by atoms with Gasteiger partial charge >= 0.3 is 5.69 Å². The predicted octanol–water partition coefficient (Wildman–Crippen LogP) is 3.25. The molecular formula is C16H11ClN6O3. The van der Waals surface area contributed by atoms with E-state index in [9.17, 15) is 15.2 Å². The second-order valence-electron chi connectivity index (χ2n) is 5.02. The van der Waals surface area contributed by atoms with Gasteiger partial charge in [-0.3, -0.25) is 10.1 Å². The highest BCUT2D eigenvalue weighted by molar-refractivity contribution is 6.31. The van der Waals surface area contributed by atoms with E-state index in [-0.39, 0.29) is 16.5 Å². The van der Waals surface area contributed by atoms with Crippen molar-refractivity contribution in [3.8, 4) is 17.0 Å². The van der Waals surface area contributed by atoms with Gasteiger partial charge in [-0.1, -0.05) is 41.9 Å². The Morgan fingerprint density at radius 1 is 1.27 bits per heavy atom. The van der Waals surface area contributed by atoms with Gasteiger partial charge in [0.05, 0.1) is 23.0 Å². The lowest BCUT2D eigenvalue weighted by Crippen LogP contribution is -2.00. The van der Waals surface area contributed by atoms with Crippen LogP contribution in [0.1, 0.15) is 5.56 Å². The topological polar surface area (TPSA) is 126 Å². The molecule has 0 saturated heterocycles. The first-order chi connectivity index (χ1) is 12.5. The lowest BCUT2D eigenvalue weighted by atomic mass is 10.2. The fourth-order valence-corrected chi connectivity index (χ4v) is 2.32. The van der Waals surface area contributed by atoms with E-state index in [4.69, 9.17) is 11.6 Å². The maximum absolute atomic E-state index is 10.9. The van der Waals surface area contributed by atoms with E-state index in [1.807, 2.05) is 30.3 Å². The first-order valence-electron chi connectivity index (χ1n) is 7.25. The first kappa shape index (κ1) is 17.2. The molecule has 0 radical (unpaired) electrons. The summed E-state index contributed by atoms with van der Waals surface area (Å²) in [7, 11) is 0. The number of nitro benzene ring substituents is 1. The van der Waals surface area contributed by atoms with Crippen LogP contribution in [0.3, 0.4) is 0 Å². The zero-order valence-electron chi connectivity index (χ0n) is 13.1. The highest BCUT2D eigenvalue weighted by Gasteiger charge is 2.17. The number of nitrogens with one attached hydrogen (secondary N) is 1. The molecule has 130 valence electrons. The Hall–Kier alpha value is -3.59. The molecule has 2 N–H and O–H groups in total. The fourth-order valence-electron chi connectivity index (χ4n) is 2.10. The lowest BCUT2D eigenvalue weighted by molar-refractivity contribution is -0.385. The quantitative estimate of drug-likeness (QED) is 0.401. The number of rotatable bonds is 5. The molecule has 0 atom stereocenters. The van der Waals surface area contributed by atoms with E-state index in [0.29, 0.717) is 5.69 Å². The predicted molar refractivity (Wildman–Crippen MR) is 96.3 cm³/mol. The molecule has 0 bridgehead atoms. The van der Waals surface area contributed by atoms with E-state index in [1.54, 1.807) is 0 Å². The van der Waals surface area contributed by atoms with Crippen molar-refractivity contribution < 1.29 is 10.0 Å². The number of phenolic OH excluding ortho intramolecular Hbond substituents is 1. The van der Waals surface area contributed by atoms with E-state index in [2.05, 4.69) is 25.7 Å². The third-order valence-corrected chi connectivity index (χ3v) is 3.50. The van der Waals surface area contributed by atoms with Crippen LogP contribution < -0.4 is 5.43 Å². The van der Waals surface area contributed by atoms with Crippen LogP contribution in [0, 0.1) is 10.1 Å². The SMILES string of the molecule is O=[N+]([O-])c1cc(Cl)cc(C=NNc2nncc(-c3ccccc3)n2)c1O. The van der Waals surface area contributed by atoms with E-state index >= 15 is 0 Å². The van der Waals surface area contributed by atoms with E-state index < -0.39 is 16.4 Å². The van der Waals surface area contributed by atoms with Crippen molar-refractivity contribution in [2.45, 2.75) is 0 Å². The molecule has 0 aliphatic carbocycles. The summed E-state index contributed by atoms with van der Waals surface area (Å²) >= 11 is 5.82. The maximum atomic E-state index is 10.9. The Balaban J connectivity index is 1.81. The van der Waals surface area contributed by atoms with E-state index in [1.165, 1.54) is 18.5 Å². The molecular weight excluding hydrogens is 360 g/mol. The van der Waals surface area contributed by atoms with Gasteiger partial charge in [0.25, 0.3) is 5.95 Å². The number of benzene rings is 2. The number of hydrogen-bond acceptors (Lipinski definition) is 8. The Morgan fingerprint density at radius 2 is 2.04 bits per heavy atom. The standard InChI is InChI=1S/C16H11ClN6O3/c17-12-6-11(15(24)14(7-12)23(25)26)8-18-21-16-20-13(9-19-22-16)10-4-2-1-3-5-10/h1-9,24H,(H,20,21,22). The molecule has 0 aliphatic heterocycles. The van der Waals surface area contributed by atoms with Crippen LogP contribution in [-0.4, -0.2) is 31.4 Å². The van der Waals surface area contributed by atoms with Gasteiger partial charge in [0, 0.05) is 22.2 Å². The molecule has 0 spiro atoms. The van der Waals surface area contributed by atoms with Gasteiger partial charge in [0.1, 0.15) is 0 Å². The number of nitro groups is 1. The summed E-state index contributed by atoms with van der Waals surface area (Å²) in [6, 6.07) is 11.8. The third kappa shape index (κ3) is 3.90. The lowest BCUT2D eigenvalue weighted by Gasteiger charge is -2.03. The largest absolute Gasteiger partial charge is 0.502 e. The Kier molecular flexibility index (Phi) is 4.99. The van der Waals surface area contributed by atoms with Crippen molar-refractivity contribution in [2.24, 2.45) is 5.10 Å². The summed E-state index contributed by atoms with van der Waals surface area (Å²) in [6.45, 7) is 0. The van der Waals surface area contributed by atoms with Gasteiger partial charge in [0.2, 0.25) is 5.75 Å². The summed E-state index contributed by atoms with van der Waals surface area (Å²) < 4.78 is 0. The maximum Gasteiger partial charge on any atom is 0.312 e. The molecule has 9 nitrogen and oxygen atoms in total. The molecule has 0 saturated carbocycles. The van der Waals surface area contributed by atoms with Crippen LogP contribution in [0.25, 0.3) is 11.3 Å². The van der Waals surface area contributed by atoms with Crippen molar-refractivity contribution in [1.29, 1.82) is 0 Å². The Bertz CT molecular complexity index is 981. The van der Waals surface area contributed by atoms with Crippen LogP contribution in [0.4, 0.5) is 11.6 Å². The number of halogens is 1. The van der Waals surface area contributed by atoms with Crippen molar-refractivity contribution in [2.75, 3.05) is 5.43 Å². The molecule has 1 heterocycles. The van der Waals surface area contributed by atoms with Crippen LogP contribution in [0.2, 0.25) is 5.02 Å². The average molecular weight is 371 g/mol. The van der Waals surface area contributed by atoms with Crippen LogP contribution in [0.15, 0.2) is 53.8 Å². The number of hydrazone groups is 1. The molecule has 2 aromatic carbocycles. The third-order valence-electron chi connectivity index (χ3n) is 3.28. The number of hydrogen-bond donors (Lipinski definition) is 2. The molecule has 0 aliphatic rings. The fraction of sp³-hybridized carbons (Fsp3) is 0. The van der Waals surface area contributed by atoms with Gasteiger partial charge in [-0.25, -0.2) is 10.4 Å². The van der Waals surface area contributed by atoms with Crippen LogP contribution >= 0.6 is 11.6 Å². The molecule has 0 unspecified atom stereocenters. The highest BCUT2D eigenvalue weighted by atomic mass is 35.5. The number of aromatic nitrogens is 3. The Morgan fingerprint density at radius 3 is 2.77 bits per heavy atom. The summed E-state index contributed by atoms with van der Waals surface area (Å²) in [5, 5.41) is 32.4. The van der Waals surface area contributed by atoms with Crippen LogP contribution in [-0.2, 0) is 0 Å². The van der Waals surface area contributed by atoms with E-state index in [0.717, 1.165) is 11.6 Å². The smallest absolute Gasteiger partial charge is 0.312 e. The van der Waals surface area contributed by atoms with Crippen molar-refractivity contribution in [1.82, 2.24) is 15.2 Å². The molecule has 0 amide bonds. The first-order valence-corrected chi connectivity index (χ1v) is 7.63.